The quantitative estimate of drug-likeness (QED) is 0.880. The van der Waals surface area contributed by atoms with Gasteiger partial charge < -0.3 is 15.4 Å². The molecule has 0 saturated heterocycles. The normalized spacial score (nSPS) is 10.3. The van der Waals surface area contributed by atoms with Crippen LogP contribution in [0.4, 0.5) is 5.69 Å². The summed E-state index contributed by atoms with van der Waals surface area (Å²) < 4.78 is 5.85. The first-order valence-electron chi connectivity index (χ1n) is 6.60. The number of nitrogen functional groups attached to an aromatic ring is 1. The highest BCUT2D eigenvalue weighted by molar-refractivity contribution is 5.92. The molecule has 1 aromatic heterocycles. The zero-order chi connectivity index (χ0) is 15.6. The summed E-state index contributed by atoms with van der Waals surface area (Å²) in [5, 5.41) is 0. The molecule has 0 saturated carbocycles. The van der Waals surface area contributed by atoms with E-state index in [1.165, 1.54) is 4.90 Å². The Kier molecular flexibility index (Phi) is 4.12. The minimum Gasteiger partial charge on any atom is -0.457 e. The number of rotatable bonds is 3. The number of hydrogen-bond donors (Lipinski definition) is 1. The van der Waals surface area contributed by atoms with Crippen molar-refractivity contribution in [2.45, 2.75) is 13.8 Å². The molecule has 2 rings (SSSR count). The van der Waals surface area contributed by atoms with Crippen LogP contribution >= 0.6 is 0 Å². The first kappa shape index (κ1) is 14.8. The van der Waals surface area contributed by atoms with E-state index in [1.54, 1.807) is 32.4 Å². The van der Waals surface area contributed by atoms with Gasteiger partial charge in [0, 0.05) is 32.0 Å². The topological polar surface area (TPSA) is 68.5 Å². The Hall–Kier alpha value is -2.56. The van der Waals surface area contributed by atoms with Crippen LogP contribution in [0, 0.1) is 13.8 Å². The number of ether oxygens (including phenoxy) is 1. The van der Waals surface area contributed by atoms with E-state index in [4.69, 9.17) is 10.5 Å². The fourth-order valence-electron chi connectivity index (χ4n) is 1.87. The Balaban J connectivity index is 2.30. The molecule has 1 heterocycles. The summed E-state index contributed by atoms with van der Waals surface area (Å²) in [5.74, 6) is 1.13. The summed E-state index contributed by atoms with van der Waals surface area (Å²) in [6, 6.07) is 7.11. The van der Waals surface area contributed by atoms with E-state index in [-0.39, 0.29) is 5.91 Å². The molecule has 2 aromatic rings. The summed E-state index contributed by atoms with van der Waals surface area (Å²) in [5.41, 5.74) is 8.84. The lowest BCUT2D eigenvalue weighted by Gasteiger charge is -2.13. The van der Waals surface area contributed by atoms with E-state index >= 15 is 0 Å². The Labute approximate surface area is 124 Å². The molecule has 5 nitrogen and oxygen atoms in total. The average Bonchev–Trinajstić information content (AvgIpc) is 2.44. The summed E-state index contributed by atoms with van der Waals surface area (Å²) in [4.78, 5) is 17.4. The number of aromatic nitrogens is 1. The molecular formula is C16H19N3O2. The second-order valence-corrected chi connectivity index (χ2v) is 5.15. The van der Waals surface area contributed by atoms with Crippen molar-refractivity contribution >= 4 is 11.6 Å². The molecule has 110 valence electrons. The third-order valence-electron chi connectivity index (χ3n) is 3.15. The first-order chi connectivity index (χ1) is 9.88. The Bertz CT molecular complexity index is 681. The lowest BCUT2D eigenvalue weighted by Crippen LogP contribution is -2.22. The zero-order valence-electron chi connectivity index (χ0n) is 12.7. The molecule has 1 aromatic carbocycles. The van der Waals surface area contributed by atoms with E-state index in [2.05, 4.69) is 4.98 Å². The fourth-order valence-corrected chi connectivity index (χ4v) is 1.87. The smallest absolute Gasteiger partial charge is 0.272 e. The van der Waals surface area contributed by atoms with Crippen molar-refractivity contribution in [3.63, 3.8) is 0 Å². The van der Waals surface area contributed by atoms with Gasteiger partial charge in [0.05, 0.1) is 0 Å². The van der Waals surface area contributed by atoms with Gasteiger partial charge in [0.1, 0.15) is 17.2 Å². The van der Waals surface area contributed by atoms with Crippen molar-refractivity contribution in [3.05, 3.63) is 47.3 Å². The number of carbonyl (C=O) groups excluding carboxylic acids is 1. The zero-order valence-corrected chi connectivity index (χ0v) is 12.7. The van der Waals surface area contributed by atoms with E-state index in [0.29, 0.717) is 11.4 Å². The van der Waals surface area contributed by atoms with Gasteiger partial charge in [-0.05, 0) is 43.2 Å². The maximum absolute atomic E-state index is 11.9. The summed E-state index contributed by atoms with van der Waals surface area (Å²) in [6.07, 6.45) is 1.56. The maximum Gasteiger partial charge on any atom is 0.272 e. The lowest BCUT2D eigenvalue weighted by atomic mass is 10.1. The first-order valence-corrected chi connectivity index (χ1v) is 6.60. The Morgan fingerprint density at radius 1 is 1.19 bits per heavy atom. The molecular weight excluding hydrogens is 266 g/mol. The van der Waals surface area contributed by atoms with Gasteiger partial charge in [0.2, 0.25) is 0 Å². The molecule has 0 bridgehead atoms. The van der Waals surface area contributed by atoms with Crippen LogP contribution in [0.25, 0.3) is 0 Å². The molecule has 0 fully saturated rings. The third kappa shape index (κ3) is 3.31. The number of aryl methyl sites for hydroxylation is 2. The van der Waals surface area contributed by atoms with E-state index in [1.807, 2.05) is 26.0 Å². The van der Waals surface area contributed by atoms with Crippen LogP contribution in [-0.4, -0.2) is 29.9 Å². The van der Waals surface area contributed by atoms with E-state index in [9.17, 15) is 4.79 Å². The molecule has 2 N–H and O–H groups in total. The third-order valence-corrected chi connectivity index (χ3v) is 3.15. The van der Waals surface area contributed by atoms with Gasteiger partial charge in [-0.25, -0.2) is 0 Å². The average molecular weight is 285 g/mol. The second kappa shape index (κ2) is 5.83. The molecule has 0 atom stereocenters. The number of hydrogen-bond acceptors (Lipinski definition) is 4. The second-order valence-electron chi connectivity index (χ2n) is 5.15. The van der Waals surface area contributed by atoms with Crippen LogP contribution in [0.2, 0.25) is 0 Å². The number of pyridine rings is 1. The highest BCUT2D eigenvalue weighted by Gasteiger charge is 2.11. The summed E-state index contributed by atoms with van der Waals surface area (Å²) >= 11 is 0. The molecule has 5 heteroatoms. The van der Waals surface area contributed by atoms with Crippen LogP contribution in [0.3, 0.4) is 0 Å². The number of amides is 1. The van der Waals surface area contributed by atoms with Crippen molar-refractivity contribution in [2.75, 3.05) is 19.8 Å². The minimum atomic E-state index is -0.161. The number of benzene rings is 1. The van der Waals surface area contributed by atoms with Gasteiger partial charge in [0.15, 0.2) is 0 Å². The van der Waals surface area contributed by atoms with Crippen molar-refractivity contribution in [1.29, 1.82) is 0 Å². The Morgan fingerprint density at radius 3 is 2.57 bits per heavy atom. The van der Waals surface area contributed by atoms with Crippen LogP contribution in [-0.2, 0) is 0 Å². The van der Waals surface area contributed by atoms with Crippen LogP contribution in [0.1, 0.15) is 21.6 Å². The predicted molar refractivity (Wildman–Crippen MR) is 82.7 cm³/mol. The molecule has 0 radical (unpaired) electrons. The Morgan fingerprint density at radius 2 is 1.90 bits per heavy atom. The van der Waals surface area contributed by atoms with Crippen LogP contribution in [0.15, 0.2) is 30.5 Å². The molecule has 0 spiro atoms. The molecule has 0 aliphatic carbocycles. The minimum absolute atomic E-state index is 0.161. The van der Waals surface area contributed by atoms with Crippen LogP contribution < -0.4 is 10.5 Å². The number of carbonyl (C=O) groups is 1. The summed E-state index contributed by atoms with van der Waals surface area (Å²) in [6.45, 7) is 3.85. The molecule has 0 aliphatic rings. The van der Waals surface area contributed by atoms with E-state index < -0.39 is 0 Å². The number of anilines is 1. The highest BCUT2D eigenvalue weighted by Crippen LogP contribution is 2.29. The fraction of sp³-hybridized carbons (Fsp3) is 0.250. The largest absolute Gasteiger partial charge is 0.457 e. The standard InChI is InChI=1S/C16H19N3O2/c1-10-8-15(11(2)7-13(10)17)21-12-5-6-18-14(9-12)16(20)19(3)4/h5-9H,17H2,1-4H3. The SMILES string of the molecule is Cc1cc(Oc2ccnc(C(=O)N(C)C)c2)c(C)cc1N. The number of nitrogens with zero attached hydrogens (tertiary/aromatic N) is 2. The summed E-state index contributed by atoms with van der Waals surface area (Å²) in [7, 11) is 3.37. The number of nitrogens with two attached hydrogens (primary N) is 1. The van der Waals surface area contributed by atoms with Gasteiger partial charge in [-0.15, -0.1) is 0 Å². The van der Waals surface area contributed by atoms with Gasteiger partial charge in [-0.1, -0.05) is 0 Å². The lowest BCUT2D eigenvalue weighted by molar-refractivity contribution is 0.0821. The van der Waals surface area contributed by atoms with Crippen molar-refractivity contribution in [3.8, 4) is 11.5 Å². The predicted octanol–water partition coefficient (Wildman–Crippen LogP) is 2.77. The van der Waals surface area contributed by atoms with Crippen LogP contribution in [0.5, 0.6) is 11.5 Å². The van der Waals surface area contributed by atoms with Crippen molar-refractivity contribution in [1.82, 2.24) is 9.88 Å². The van der Waals surface area contributed by atoms with Crippen molar-refractivity contribution < 1.29 is 9.53 Å². The van der Waals surface area contributed by atoms with E-state index in [0.717, 1.165) is 22.6 Å². The van der Waals surface area contributed by atoms with Gasteiger partial charge in [-0.3, -0.25) is 9.78 Å². The van der Waals surface area contributed by atoms with Gasteiger partial charge in [0.25, 0.3) is 5.91 Å². The van der Waals surface area contributed by atoms with Gasteiger partial charge in [-0.2, -0.15) is 0 Å². The molecule has 1 amide bonds. The maximum atomic E-state index is 11.9. The molecule has 0 unspecified atom stereocenters. The molecule has 0 aliphatic heterocycles. The van der Waals surface area contributed by atoms with Crippen molar-refractivity contribution in [2.24, 2.45) is 0 Å². The highest BCUT2D eigenvalue weighted by atomic mass is 16.5. The monoisotopic (exact) mass is 285 g/mol. The van der Waals surface area contributed by atoms with Gasteiger partial charge >= 0.3 is 0 Å². The molecule has 21 heavy (non-hydrogen) atoms.